The van der Waals surface area contributed by atoms with Crippen LogP contribution < -0.4 is 5.32 Å². The lowest BCUT2D eigenvalue weighted by atomic mass is 10.1. The van der Waals surface area contributed by atoms with Crippen LogP contribution in [0.5, 0.6) is 0 Å². The summed E-state index contributed by atoms with van der Waals surface area (Å²) in [6.45, 7) is 3.42. The summed E-state index contributed by atoms with van der Waals surface area (Å²) in [5.41, 5.74) is 2.19. The summed E-state index contributed by atoms with van der Waals surface area (Å²) in [6, 6.07) is 21.6. The third kappa shape index (κ3) is 4.07. The number of carbonyl (C=O) groups excluding carboxylic acids is 2. The minimum Gasteiger partial charge on any atom is -0.335 e. The molecule has 7 heteroatoms. The average Bonchev–Trinajstić information content (AvgIpc) is 3.27. The maximum Gasteiger partial charge on any atom is 0.275 e. The number of fused-ring (bicyclic) bond motifs is 2. The van der Waals surface area contributed by atoms with Crippen molar-refractivity contribution in [2.24, 2.45) is 0 Å². The zero-order valence-electron chi connectivity index (χ0n) is 17.8. The van der Waals surface area contributed by atoms with Crippen LogP contribution in [0.1, 0.15) is 16.9 Å². The van der Waals surface area contributed by atoms with Crippen molar-refractivity contribution in [3.63, 3.8) is 0 Å². The molecule has 162 valence electrons. The fourth-order valence-corrected chi connectivity index (χ4v) is 4.26. The van der Waals surface area contributed by atoms with E-state index in [0.29, 0.717) is 31.7 Å². The summed E-state index contributed by atoms with van der Waals surface area (Å²) in [5.74, 6) is -0.0429. The summed E-state index contributed by atoms with van der Waals surface area (Å²) in [4.78, 5) is 29.5. The minimum atomic E-state index is -0.0456. The number of benzene rings is 3. The number of H-pyrrole nitrogens is 1. The van der Waals surface area contributed by atoms with Crippen LogP contribution in [0, 0.1) is 0 Å². The van der Waals surface area contributed by atoms with Gasteiger partial charge in [-0.2, -0.15) is 5.10 Å². The summed E-state index contributed by atoms with van der Waals surface area (Å²) >= 11 is 0. The van der Waals surface area contributed by atoms with Gasteiger partial charge in [0.2, 0.25) is 5.91 Å². The van der Waals surface area contributed by atoms with Gasteiger partial charge in [-0.1, -0.05) is 54.6 Å². The SMILES string of the molecule is O=C(CCN1CCN(C(=O)c2n[nH]c3ccccc23)CC1)Nc1cccc2ccccc12. The molecule has 0 radical (unpaired) electrons. The first-order valence-electron chi connectivity index (χ1n) is 10.9. The summed E-state index contributed by atoms with van der Waals surface area (Å²) < 4.78 is 0. The second kappa shape index (κ2) is 8.80. The summed E-state index contributed by atoms with van der Waals surface area (Å²) in [7, 11) is 0. The molecule has 1 aliphatic rings. The van der Waals surface area contributed by atoms with Crippen molar-refractivity contribution in [3.8, 4) is 0 Å². The molecule has 1 aromatic heterocycles. The Morgan fingerprint density at radius 1 is 0.875 bits per heavy atom. The number of nitrogens with zero attached hydrogens (tertiary/aromatic N) is 3. The number of carbonyl (C=O) groups is 2. The molecule has 0 bridgehead atoms. The molecule has 2 amide bonds. The van der Waals surface area contributed by atoms with Gasteiger partial charge in [0.25, 0.3) is 5.91 Å². The fourth-order valence-electron chi connectivity index (χ4n) is 4.26. The predicted molar refractivity (Wildman–Crippen MR) is 126 cm³/mol. The van der Waals surface area contributed by atoms with Crippen molar-refractivity contribution in [2.45, 2.75) is 6.42 Å². The molecule has 2 N–H and O–H groups in total. The van der Waals surface area contributed by atoms with E-state index in [0.717, 1.165) is 40.5 Å². The normalized spacial score (nSPS) is 14.7. The lowest BCUT2D eigenvalue weighted by Crippen LogP contribution is -2.49. The minimum absolute atomic E-state index is 0.00264. The van der Waals surface area contributed by atoms with Gasteiger partial charge in [0.05, 0.1) is 5.52 Å². The first-order chi connectivity index (χ1) is 15.7. The van der Waals surface area contributed by atoms with Crippen LogP contribution in [0.25, 0.3) is 21.7 Å². The Bertz CT molecular complexity index is 1270. The molecular weight excluding hydrogens is 402 g/mol. The number of anilines is 1. The highest BCUT2D eigenvalue weighted by Crippen LogP contribution is 2.23. The molecule has 1 fully saturated rings. The lowest BCUT2D eigenvalue weighted by Gasteiger charge is -2.34. The summed E-state index contributed by atoms with van der Waals surface area (Å²) in [5, 5.41) is 13.2. The van der Waals surface area contributed by atoms with Crippen LogP contribution >= 0.6 is 0 Å². The summed E-state index contributed by atoms with van der Waals surface area (Å²) in [6.07, 6.45) is 0.418. The van der Waals surface area contributed by atoms with Crippen molar-refractivity contribution >= 4 is 39.2 Å². The van der Waals surface area contributed by atoms with Crippen molar-refractivity contribution < 1.29 is 9.59 Å². The number of aromatic amines is 1. The second-order valence-electron chi connectivity index (χ2n) is 8.08. The molecule has 0 aliphatic carbocycles. The van der Waals surface area contributed by atoms with E-state index in [9.17, 15) is 9.59 Å². The van der Waals surface area contributed by atoms with Gasteiger partial charge < -0.3 is 10.2 Å². The van der Waals surface area contributed by atoms with Crippen molar-refractivity contribution in [1.82, 2.24) is 20.0 Å². The molecule has 4 aromatic rings. The smallest absolute Gasteiger partial charge is 0.275 e. The number of hydrogen-bond donors (Lipinski definition) is 2. The highest BCUT2D eigenvalue weighted by atomic mass is 16.2. The van der Waals surface area contributed by atoms with Crippen LogP contribution in [-0.4, -0.2) is 64.5 Å². The number of nitrogens with one attached hydrogen (secondary N) is 2. The lowest BCUT2D eigenvalue weighted by molar-refractivity contribution is -0.116. The molecule has 0 saturated carbocycles. The highest BCUT2D eigenvalue weighted by molar-refractivity contribution is 6.04. The average molecular weight is 428 g/mol. The molecule has 7 nitrogen and oxygen atoms in total. The largest absolute Gasteiger partial charge is 0.335 e. The Kier molecular flexibility index (Phi) is 5.56. The van der Waals surface area contributed by atoms with Gasteiger partial charge in [0.1, 0.15) is 0 Å². The first-order valence-corrected chi connectivity index (χ1v) is 10.9. The van der Waals surface area contributed by atoms with Crippen LogP contribution in [-0.2, 0) is 4.79 Å². The van der Waals surface area contributed by atoms with Gasteiger partial charge in [0, 0.05) is 55.6 Å². The third-order valence-corrected chi connectivity index (χ3v) is 6.05. The Hall–Kier alpha value is -3.71. The number of hydrogen-bond acceptors (Lipinski definition) is 4. The van der Waals surface area contributed by atoms with Gasteiger partial charge in [-0.25, -0.2) is 0 Å². The number of rotatable bonds is 5. The van der Waals surface area contributed by atoms with Gasteiger partial charge in [-0.05, 0) is 17.5 Å². The molecule has 0 spiro atoms. The molecule has 1 saturated heterocycles. The molecule has 2 heterocycles. The fraction of sp³-hybridized carbons (Fsp3) is 0.240. The van der Waals surface area contributed by atoms with E-state index >= 15 is 0 Å². The Labute approximate surface area is 186 Å². The monoisotopic (exact) mass is 427 g/mol. The van der Waals surface area contributed by atoms with Crippen molar-refractivity contribution in [3.05, 3.63) is 72.4 Å². The third-order valence-electron chi connectivity index (χ3n) is 6.05. The van der Waals surface area contributed by atoms with E-state index in [2.05, 4.69) is 20.4 Å². The van der Waals surface area contributed by atoms with E-state index in [1.807, 2.05) is 71.6 Å². The van der Waals surface area contributed by atoms with Crippen LogP contribution in [0.4, 0.5) is 5.69 Å². The Balaban J connectivity index is 1.13. The van der Waals surface area contributed by atoms with Gasteiger partial charge in [-0.3, -0.25) is 19.6 Å². The number of para-hydroxylation sites is 1. The van der Waals surface area contributed by atoms with Crippen molar-refractivity contribution in [1.29, 1.82) is 0 Å². The van der Waals surface area contributed by atoms with Crippen LogP contribution in [0.3, 0.4) is 0 Å². The number of piperazine rings is 1. The van der Waals surface area contributed by atoms with Crippen molar-refractivity contribution in [2.75, 3.05) is 38.0 Å². The molecule has 5 rings (SSSR count). The highest BCUT2D eigenvalue weighted by Gasteiger charge is 2.25. The maximum absolute atomic E-state index is 12.9. The van der Waals surface area contributed by atoms with Crippen LogP contribution in [0.2, 0.25) is 0 Å². The second-order valence-corrected chi connectivity index (χ2v) is 8.08. The van der Waals surface area contributed by atoms with E-state index in [1.54, 1.807) is 0 Å². The van der Waals surface area contributed by atoms with Gasteiger partial charge in [0.15, 0.2) is 5.69 Å². The van der Waals surface area contributed by atoms with E-state index < -0.39 is 0 Å². The number of amides is 2. The Morgan fingerprint density at radius 3 is 2.44 bits per heavy atom. The quantitative estimate of drug-likeness (QED) is 0.511. The zero-order chi connectivity index (χ0) is 21.9. The maximum atomic E-state index is 12.9. The topological polar surface area (TPSA) is 81.3 Å². The first kappa shape index (κ1) is 20.2. The molecule has 32 heavy (non-hydrogen) atoms. The molecule has 1 aliphatic heterocycles. The molecular formula is C25H25N5O2. The van der Waals surface area contributed by atoms with Crippen LogP contribution in [0.15, 0.2) is 66.7 Å². The molecule has 3 aromatic carbocycles. The zero-order valence-corrected chi connectivity index (χ0v) is 17.8. The standard InChI is InChI=1S/C25H25N5O2/c31-23(26-21-11-5-7-18-6-1-2-8-19(18)21)12-13-29-14-16-30(17-15-29)25(32)24-20-9-3-4-10-22(20)27-28-24/h1-11H,12-17H2,(H,26,31)(H,27,28). The molecule has 0 atom stereocenters. The van der Waals surface area contributed by atoms with Gasteiger partial charge in [-0.15, -0.1) is 0 Å². The predicted octanol–water partition coefficient (Wildman–Crippen LogP) is 3.50. The van der Waals surface area contributed by atoms with E-state index in [1.165, 1.54) is 0 Å². The number of aromatic nitrogens is 2. The van der Waals surface area contributed by atoms with E-state index in [-0.39, 0.29) is 11.8 Å². The van der Waals surface area contributed by atoms with E-state index in [4.69, 9.17) is 0 Å². The van der Waals surface area contributed by atoms with Gasteiger partial charge >= 0.3 is 0 Å². The molecule has 0 unspecified atom stereocenters. The Morgan fingerprint density at radius 2 is 1.59 bits per heavy atom.